The van der Waals surface area contributed by atoms with E-state index in [-0.39, 0.29) is 0 Å². The predicted octanol–water partition coefficient (Wildman–Crippen LogP) is 2.91. The Hall–Kier alpha value is 0.310. The maximum Gasteiger partial charge on any atom is 0.0256 e. The molecule has 1 rings (SSSR count). The molecule has 0 bridgehead atoms. The first-order valence-electron chi connectivity index (χ1n) is 5.41. The van der Waals surface area contributed by atoms with Crippen molar-refractivity contribution in [2.45, 2.75) is 51.3 Å². The minimum atomic E-state index is 0.517. The Morgan fingerprint density at radius 3 is 2.54 bits per heavy atom. The molecule has 1 N–H and O–H groups in total. The Balaban J connectivity index is 2.24. The molecule has 1 aliphatic rings. The highest BCUT2D eigenvalue weighted by atomic mass is 32.2. The van der Waals surface area contributed by atoms with E-state index in [0.717, 1.165) is 5.92 Å². The Morgan fingerprint density at radius 1 is 1.38 bits per heavy atom. The van der Waals surface area contributed by atoms with Crippen molar-refractivity contribution >= 4 is 11.8 Å². The minimum absolute atomic E-state index is 0.517. The maximum atomic E-state index is 3.64. The summed E-state index contributed by atoms with van der Waals surface area (Å²) in [6.45, 7) is 10.4. The highest BCUT2D eigenvalue weighted by molar-refractivity contribution is 8.00. The van der Waals surface area contributed by atoms with Crippen LogP contribution in [0.1, 0.15) is 40.5 Å². The molecule has 1 saturated heterocycles. The summed E-state index contributed by atoms with van der Waals surface area (Å²) in [4.78, 5) is 0. The Kier molecular flexibility index (Phi) is 4.11. The van der Waals surface area contributed by atoms with Crippen LogP contribution in [-0.4, -0.2) is 23.1 Å². The van der Waals surface area contributed by atoms with Crippen LogP contribution in [-0.2, 0) is 0 Å². The highest BCUT2D eigenvalue weighted by Crippen LogP contribution is 2.37. The number of hydrogen-bond acceptors (Lipinski definition) is 2. The van der Waals surface area contributed by atoms with Gasteiger partial charge in [0.05, 0.1) is 0 Å². The van der Waals surface area contributed by atoms with Crippen molar-refractivity contribution in [2.75, 3.05) is 12.3 Å². The van der Waals surface area contributed by atoms with E-state index >= 15 is 0 Å². The average molecular weight is 201 g/mol. The van der Waals surface area contributed by atoms with Crippen molar-refractivity contribution in [2.24, 2.45) is 5.92 Å². The van der Waals surface area contributed by atoms with E-state index in [1.807, 2.05) is 0 Å². The molecule has 1 fully saturated rings. The first-order chi connectivity index (χ1) is 6.03. The number of hydrogen-bond donors (Lipinski definition) is 1. The van der Waals surface area contributed by atoms with E-state index < -0.39 is 0 Å². The van der Waals surface area contributed by atoms with E-state index in [0.29, 0.717) is 10.8 Å². The summed E-state index contributed by atoms with van der Waals surface area (Å²) in [6, 6.07) is 0.651. The molecule has 2 heteroatoms. The second-order valence-corrected chi connectivity index (χ2v) is 6.50. The second-order valence-electron chi connectivity index (χ2n) is 4.82. The van der Waals surface area contributed by atoms with Gasteiger partial charge >= 0.3 is 0 Å². The van der Waals surface area contributed by atoms with E-state index in [2.05, 4.69) is 44.8 Å². The van der Waals surface area contributed by atoms with Crippen molar-refractivity contribution in [1.29, 1.82) is 0 Å². The van der Waals surface area contributed by atoms with Crippen LogP contribution < -0.4 is 5.32 Å². The van der Waals surface area contributed by atoms with Crippen LogP contribution in [0.25, 0.3) is 0 Å². The van der Waals surface area contributed by atoms with Crippen LogP contribution in [0.2, 0.25) is 0 Å². The molecule has 2 atom stereocenters. The van der Waals surface area contributed by atoms with E-state index in [9.17, 15) is 0 Å². The third-order valence-corrected chi connectivity index (χ3v) is 4.64. The Bertz CT molecular complexity index is 150. The van der Waals surface area contributed by atoms with Gasteiger partial charge in [-0.2, -0.15) is 11.8 Å². The zero-order valence-electron chi connectivity index (χ0n) is 9.39. The molecular weight excluding hydrogens is 178 g/mol. The summed E-state index contributed by atoms with van der Waals surface area (Å²) in [5.41, 5.74) is 0. The summed E-state index contributed by atoms with van der Waals surface area (Å²) in [6.07, 6.45) is 2.79. The van der Waals surface area contributed by atoms with Gasteiger partial charge in [-0.25, -0.2) is 0 Å². The number of thioether (sulfide) groups is 1. The lowest BCUT2D eigenvalue weighted by Gasteiger charge is -2.27. The first-order valence-corrected chi connectivity index (χ1v) is 6.39. The van der Waals surface area contributed by atoms with Gasteiger partial charge in [-0.1, -0.05) is 13.8 Å². The molecular formula is C11H23NS. The molecule has 0 amide bonds. The largest absolute Gasteiger partial charge is 0.313 e. The summed E-state index contributed by atoms with van der Waals surface area (Å²) < 4.78 is 0.517. The summed E-state index contributed by atoms with van der Waals surface area (Å²) >= 11 is 2.14. The fraction of sp³-hybridized carbons (Fsp3) is 1.00. The fourth-order valence-electron chi connectivity index (χ4n) is 1.59. The predicted molar refractivity (Wildman–Crippen MR) is 62.4 cm³/mol. The molecule has 1 heterocycles. The average Bonchev–Trinajstić information content (AvgIpc) is 2.48. The Morgan fingerprint density at radius 2 is 2.08 bits per heavy atom. The van der Waals surface area contributed by atoms with Gasteiger partial charge in [-0.05, 0) is 38.4 Å². The van der Waals surface area contributed by atoms with Gasteiger partial charge in [0, 0.05) is 17.3 Å². The molecule has 0 aromatic heterocycles. The van der Waals surface area contributed by atoms with E-state index in [4.69, 9.17) is 0 Å². The summed E-state index contributed by atoms with van der Waals surface area (Å²) in [5.74, 6) is 2.10. The fourth-order valence-corrected chi connectivity index (χ4v) is 2.84. The third kappa shape index (κ3) is 3.51. The SMILES string of the molecule is CC(C)C(C)NCC1(C)CCCS1. The minimum Gasteiger partial charge on any atom is -0.313 e. The lowest BCUT2D eigenvalue weighted by Crippen LogP contribution is -2.40. The van der Waals surface area contributed by atoms with E-state index in [1.54, 1.807) is 0 Å². The van der Waals surface area contributed by atoms with Gasteiger partial charge < -0.3 is 5.32 Å². The molecule has 0 aromatic rings. The van der Waals surface area contributed by atoms with Crippen LogP contribution in [0.5, 0.6) is 0 Å². The smallest absolute Gasteiger partial charge is 0.0256 e. The van der Waals surface area contributed by atoms with Gasteiger partial charge in [0.2, 0.25) is 0 Å². The zero-order valence-corrected chi connectivity index (χ0v) is 10.2. The lowest BCUT2D eigenvalue weighted by molar-refractivity contribution is 0.401. The van der Waals surface area contributed by atoms with Gasteiger partial charge in [0.25, 0.3) is 0 Å². The molecule has 2 unspecified atom stereocenters. The molecule has 0 saturated carbocycles. The van der Waals surface area contributed by atoms with Crippen molar-refractivity contribution in [3.63, 3.8) is 0 Å². The summed E-state index contributed by atoms with van der Waals surface area (Å²) in [7, 11) is 0. The van der Waals surface area contributed by atoms with Gasteiger partial charge in [0.1, 0.15) is 0 Å². The van der Waals surface area contributed by atoms with Crippen molar-refractivity contribution < 1.29 is 0 Å². The standard InChI is InChI=1S/C11H23NS/c1-9(2)10(3)12-8-11(4)6-5-7-13-11/h9-10,12H,5-8H2,1-4H3. The van der Waals surface area contributed by atoms with Crippen LogP contribution in [0, 0.1) is 5.92 Å². The normalized spacial score (nSPS) is 31.2. The zero-order chi connectivity index (χ0) is 9.90. The van der Waals surface area contributed by atoms with Crippen molar-refractivity contribution in [1.82, 2.24) is 5.32 Å². The van der Waals surface area contributed by atoms with Gasteiger partial charge in [-0.15, -0.1) is 0 Å². The van der Waals surface area contributed by atoms with Gasteiger partial charge in [0.15, 0.2) is 0 Å². The first kappa shape index (κ1) is 11.4. The van der Waals surface area contributed by atoms with Crippen molar-refractivity contribution in [3.8, 4) is 0 Å². The molecule has 0 aliphatic carbocycles. The van der Waals surface area contributed by atoms with Gasteiger partial charge in [-0.3, -0.25) is 0 Å². The van der Waals surface area contributed by atoms with Crippen molar-refractivity contribution in [3.05, 3.63) is 0 Å². The Labute approximate surface area is 87.1 Å². The molecule has 0 spiro atoms. The third-order valence-electron chi connectivity index (χ3n) is 3.10. The lowest BCUT2D eigenvalue weighted by atomic mass is 10.0. The van der Waals surface area contributed by atoms with Crippen LogP contribution in [0.3, 0.4) is 0 Å². The molecule has 0 radical (unpaired) electrons. The number of rotatable bonds is 4. The second kappa shape index (κ2) is 4.70. The molecule has 1 aliphatic heterocycles. The molecule has 1 nitrogen and oxygen atoms in total. The maximum absolute atomic E-state index is 3.64. The summed E-state index contributed by atoms with van der Waals surface area (Å²) in [5, 5.41) is 3.64. The topological polar surface area (TPSA) is 12.0 Å². The quantitative estimate of drug-likeness (QED) is 0.750. The highest BCUT2D eigenvalue weighted by Gasteiger charge is 2.29. The van der Waals surface area contributed by atoms with Crippen LogP contribution in [0.4, 0.5) is 0 Å². The van der Waals surface area contributed by atoms with Crippen LogP contribution >= 0.6 is 11.8 Å². The number of nitrogens with one attached hydrogen (secondary N) is 1. The molecule has 78 valence electrons. The van der Waals surface area contributed by atoms with E-state index in [1.165, 1.54) is 25.1 Å². The molecule has 13 heavy (non-hydrogen) atoms. The monoisotopic (exact) mass is 201 g/mol. The van der Waals surface area contributed by atoms with Crippen LogP contribution in [0.15, 0.2) is 0 Å². The molecule has 0 aromatic carbocycles.